The molecule has 3 aromatic rings. The Labute approximate surface area is 152 Å². The molecule has 1 fully saturated rings. The molecule has 4 rings (SSSR count). The highest BCUT2D eigenvalue weighted by molar-refractivity contribution is 5.94. The van der Waals surface area contributed by atoms with Gasteiger partial charge in [0.25, 0.3) is 5.91 Å². The van der Waals surface area contributed by atoms with Crippen LogP contribution in [-0.4, -0.2) is 56.7 Å². The van der Waals surface area contributed by atoms with Gasteiger partial charge in [-0.2, -0.15) is 5.10 Å². The van der Waals surface area contributed by atoms with Crippen molar-refractivity contribution < 1.29 is 4.79 Å². The second-order valence-corrected chi connectivity index (χ2v) is 6.44. The van der Waals surface area contributed by atoms with Crippen molar-refractivity contribution in [2.45, 2.75) is 6.54 Å². The monoisotopic (exact) mass is 347 g/mol. The SMILES string of the molecule is O=C(c1ccc(-n2cncn2)cc1)N1CCN(Cc2ccccc2)CC1. The molecule has 6 heteroatoms. The Morgan fingerprint density at radius 3 is 2.31 bits per heavy atom. The summed E-state index contributed by atoms with van der Waals surface area (Å²) in [5, 5.41) is 4.10. The van der Waals surface area contributed by atoms with E-state index in [9.17, 15) is 4.79 Å². The molecule has 26 heavy (non-hydrogen) atoms. The predicted molar refractivity (Wildman–Crippen MR) is 99.0 cm³/mol. The average molecular weight is 347 g/mol. The van der Waals surface area contributed by atoms with Crippen molar-refractivity contribution >= 4 is 5.91 Å². The first-order valence-electron chi connectivity index (χ1n) is 8.80. The summed E-state index contributed by atoms with van der Waals surface area (Å²) in [6, 6.07) is 18.0. The van der Waals surface area contributed by atoms with Crippen molar-refractivity contribution in [2.24, 2.45) is 0 Å². The Balaban J connectivity index is 1.34. The number of carbonyl (C=O) groups is 1. The van der Waals surface area contributed by atoms with Crippen LogP contribution in [0.5, 0.6) is 0 Å². The van der Waals surface area contributed by atoms with Crippen LogP contribution in [0.2, 0.25) is 0 Å². The third-order valence-electron chi connectivity index (χ3n) is 4.71. The van der Waals surface area contributed by atoms with Crippen molar-refractivity contribution in [2.75, 3.05) is 26.2 Å². The molecule has 0 unspecified atom stereocenters. The van der Waals surface area contributed by atoms with E-state index in [1.54, 1.807) is 11.0 Å². The van der Waals surface area contributed by atoms with Crippen LogP contribution < -0.4 is 0 Å². The lowest BCUT2D eigenvalue weighted by Crippen LogP contribution is -2.48. The smallest absolute Gasteiger partial charge is 0.253 e. The summed E-state index contributed by atoms with van der Waals surface area (Å²) in [7, 11) is 0. The lowest BCUT2D eigenvalue weighted by molar-refractivity contribution is 0.0628. The van der Waals surface area contributed by atoms with Crippen LogP contribution in [0.1, 0.15) is 15.9 Å². The maximum atomic E-state index is 12.7. The first-order chi connectivity index (χ1) is 12.8. The summed E-state index contributed by atoms with van der Waals surface area (Å²) in [4.78, 5) is 21.0. The number of hydrogen-bond donors (Lipinski definition) is 0. The number of piperazine rings is 1. The highest BCUT2D eigenvalue weighted by Gasteiger charge is 2.22. The highest BCUT2D eigenvalue weighted by atomic mass is 16.2. The summed E-state index contributed by atoms with van der Waals surface area (Å²) >= 11 is 0. The van der Waals surface area contributed by atoms with E-state index in [0.717, 1.165) is 38.4 Å². The molecule has 1 aliphatic heterocycles. The van der Waals surface area contributed by atoms with Crippen molar-refractivity contribution in [3.05, 3.63) is 78.4 Å². The molecule has 1 saturated heterocycles. The van der Waals surface area contributed by atoms with Crippen molar-refractivity contribution in [1.29, 1.82) is 0 Å². The van der Waals surface area contributed by atoms with E-state index < -0.39 is 0 Å². The van der Waals surface area contributed by atoms with E-state index in [0.29, 0.717) is 5.56 Å². The lowest BCUT2D eigenvalue weighted by Gasteiger charge is -2.34. The molecule has 132 valence electrons. The van der Waals surface area contributed by atoms with Crippen LogP contribution in [0.25, 0.3) is 5.69 Å². The molecular weight excluding hydrogens is 326 g/mol. The molecule has 1 amide bonds. The molecule has 0 aliphatic carbocycles. The van der Waals surface area contributed by atoms with E-state index in [1.165, 1.54) is 11.9 Å². The summed E-state index contributed by atoms with van der Waals surface area (Å²) in [6.07, 6.45) is 3.14. The third-order valence-corrected chi connectivity index (χ3v) is 4.71. The normalized spacial score (nSPS) is 15.2. The number of aromatic nitrogens is 3. The van der Waals surface area contributed by atoms with Gasteiger partial charge in [-0.1, -0.05) is 30.3 Å². The van der Waals surface area contributed by atoms with Crippen LogP contribution in [0.4, 0.5) is 0 Å². The molecule has 1 aliphatic rings. The summed E-state index contributed by atoms with van der Waals surface area (Å²) in [5.74, 6) is 0.0921. The molecule has 0 saturated carbocycles. The van der Waals surface area contributed by atoms with E-state index in [2.05, 4.69) is 39.2 Å². The Hall–Kier alpha value is -2.99. The minimum Gasteiger partial charge on any atom is -0.336 e. The number of amides is 1. The van der Waals surface area contributed by atoms with Gasteiger partial charge in [-0.25, -0.2) is 9.67 Å². The van der Waals surface area contributed by atoms with Crippen LogP contribution in [0, 0.1) is 0 Å². The highest BCUT2D eigenvalue weighted by Crippen LogP contribution is 2.13. The van der Waals surface area contributed by atoms with Gasteiger partial charge in [0.2, 0.25) is 0 Å². The van der Waals surface area contributed by atoms with Gasteiger partial charge in [-0.05, 0) is 29.8 Å². The second kappa shape index (κ2) is 7.49. The number of nitrogens with zero attached hydrogens (tertiary/aromatic N) is 5. The molecule has 0 atom stereocenters. The first-order valence-corrected chi connectivity index (χ1v) is 8.80. The molecule has 0 spiro atoms. The average Bonchev–Trinajstić information content (AvgIpc) is 3.24. The van der Waals surface area contributed by atoms with Crippen molar-refractivity contribution in [1.82, 2.24) is 24.6 Å². The summed E-state index contributed by atoms with van der Waals surface area (Å²) in [6.45, 7) is 4.26. The molecule has 2 heterocycles. The summed E-state index contributed by atoms with van der Waals surface area (Å²) < 4.78 is 1.68. The first kappa shape index (κ1) is 16.5. The number of benzene rings is 2. The second-order valence-electron chi connectivity index (χ2n) is 6.44. The van der Waals surface area contributed by atoms with Gasteiger partial charge >= 0.3 is 0 Å². The maximum Gasteiger partial charge on any atom is 0.253 e. The number of hydrogen-bond acceptors (Lipinski definition) is 4. The van der Waals surface area contributed by atoms with Gasteiger partial charge in [-0.15, -0.1) is 0 Å². The standard InChI is InChI=1S/C20H21N5O/c26-20(18-6-8-19(9-7-18)25-16-21-15-22-25)24-12-10-23(11-13-24)14-17-4-2-1-3-5-17/h1-9,15-16H,10-14H2. The van der Waals surface area contributed by atoms with Gasteiger partial charge in [0.1, 0.15) is 12.7 Å². The van der Waals surface area contributed by atoms with E-state index in [-0.39, 0.29) is 5.91 Å². The van der Waals surface area contributed by atoms with Gasteiger partial charge < -0.3 is 4.90 Å². The van der Waals surface area contributed by atoms with E-state index >= 15 is 0 Å². The quantitative estimate of drug-likeness (QED) is 0.726. The van der Waals surface area contributed by atoms with Crippen LogP contribution >= 0.6 is 0 Å². The fraction of sp³-hybridized carbons (Fsp3) is 0.250. The minimum atomic E-state index is 0.0921. The van der Waals surface area contributed by atoms with Gasteiger partial charge in [0.15, 0.2) is 0 Å². The topological polar surface area (TPSA) is 54.3 Å². The van der Waals surface area contributed by atoms with Crippen LogP contribution in [0.15, 0.2) is 67.3 Å². The fourth-order valence-corrected chi connectivity index (χ4v) is 3.23. The molecule has 0 radical (unpaired) electrons. The predicted octanol–water partition coefficient (Wildman–Crippen LogP) is 2.23. The van der Waals surface area contributed by atoms with Crippen LogP contribution in [0.3, 0.4) is 0 Å². The molecular formula is C20H21N5O. The van der Waals surface area contributed by atoms with Gasteiger partial charge in [-0.3, -0.25) is 9.69 Å². The Kier molecular flexibility index (Phi) is 4.75. The maximum absolute atomic E-state index is 12.7. The number of rotatable bonds is 4. The minimum absolute atomic E-state index is 0.0921. The van der Waals surface area contributed by atoms with Gasteiger partial charge in [0.05, 0.1) is 5.69 Å². The third kappa shape index (κ3) is 3.65. The lowest BCUT2D eigenvalue weighted by atomic mass is 10.1. The zero-order valence-electron chi connectivity index (χ0n) is 14.5. The molecule has 2 aromatic carbocycles. The van der Waals surface area contributed by atoms with Gasteiger partial charge in [0, 0.05) is 38.3 Å². The Morgan fingerprint density at radius 2 is 1.65 bits per heavy atom. The molecule has 0 bridgehead atoms. The molecule has 0 N–H and O–H groups in total. The number of carbonyl (C=O) groups excluding carboxylic acids is 1. The zero-order chi connectivity index (χ0) is 17.8. The van der Waals surface area contributed by atoms with E-state index in [4.69, 9.17) is 0 Å². The molecule has 1 aromatic heterocycles. The van der Waals surface area contributed by atoms with E-state index in [1.807, 2.05) is 35.2 Å². The van der Waals surface area contributed by atoms with Crippen molar-refractivity contribution in [3.8, 4) is 5.69 Å². The largest absolute Gasteiger partial charge is 0.336 e. The van der Waals surface area contributed by atoms with Crippen molar-refractivity contribution in [3.63, 3.8) is 0 Å². The Bertz CT molecular complexity index is 838. The fourth-order valence-electron chi connectivity index (χ4n) is 3.23. The molecule has 6 nitrogen and oxygen atoms in total. The summed E-state index contributed by atoms with van der Waals surface area (Å²) in [5.41, 5.74) is 2.92. The zero-order valence-corrected chi connectivity index (χ0v) is 14.5. The van der Waals surface area contributed by atoms with Crippen LogP contribution in [-0.2, 0) is 6.54 Å². The Morgan fingerprint density at radius 1 is 0.923 bits per heavy atom.